The monoisotopic (exact) mass is 1140 g/mol. The van der Waals surface area contributed by atoms with Crippen LogP contribution >= 0.6 is 0 Å². The molecule has 15 nitrogen and oxygen atoms in total. The molecule has 0 saturated heterocycles. The SMILES string of the molecule is Cc1ccc(-c2c([N+](=O)[O-])c(-c3ccccc3)n3c2Nc2ccccc2C3)cc1.Cc1ccc(-c2c([N+](=O)[O-])c(-c3ccccc3)n3c2Nc2ccccc2C3)cc1.Cc1ccc(-c2c([N+](=O)[O-])c(-c3ccccc3)n3c2Nc2ccccc2C3)cc1. The van der Waals surface area contributed by atoms with Gasteiger partial charge in [-0.25, -0.2) is 0 Å². The predicted octanol–water partition coefficient (Wildman–Crippen LogP) is 18.4. The van der Waals surface area contributed by atoms with Gasteiger partial charge >= 0.3 is 17.1 Å². The summed E-state index contributed by atoms with van der Waals surface area (Å²) in [7, 11) is 0. The van der Waals surface area contributed by atoms with E-state index in [1.165, 1.54) is 0 Å². The second kappa shape index (κ2) is 22.9. The highest BCUT2D eigenvalue weighted by molar-refractivity contribution is 5.99. The van der Waals surface area contributed by atoms with Crippen LogP contribution in [0.25, 0.3) is 67.2 Å². The average Bonchev–Trinajstić information content (AvgIpc) is 1.78. The van der Waals surface area contributed by atoms with E-state index < -0.39 is 0 Å². The maximum absolute atomic E-state index is 12.3. The van der Waals surface area contributed by atoms with E-state index in [0.29, 0.717) is 53.4 Å². The highest BCUT2D eigenvalue weighted by Crippen LogP contribution is 2.53. The Hall–Kier alpha value is -11.6. The molecular weight excluding hydrogens is 1090 g/mol. The molecule has 9 aromatic carbocycles. The lowest BCUT2D eigenvalue weighted by Crippen LogP contribution is -2.13. The molecule has 0 spiro atoms. The molecule has 0 unspecified atom stereocenters. The summed E-state index contributed by atoms with van der Waals surface area (Å²) in [4.78, 5) is 36.2. The van der Waals surface area contributed by atoms with Crippen molar-refractivity contribution in [2.45, 2.75) is 40.4 Å². The number of nitro groups is 3. The first kappa shape index (κ1) is 54.7. The Morgan fingerprint density at radius 2 is 0.529 bits per heavy atom. The van der Waals surface area contributed by atoms with Crippen molar-refractivity contribution in [3.05, 3.63) is 300 Å². The lowest BCUT2D eigenvalue weighted by Gasteiger charge is -2.23. The van der Waals surface area contributed by atoms with E-state index in [0.717, 1.165) is 101 Å². The summed E-state index contributed by atoms with van der Waals surface area (Å²) in [6.45, 7) is 7.77. The number of rotatable bonds is 9. The van der Waals surface area contributed by atoms with Gasteiger partial charge in [0.1, 0.15) is 51.2 Å². The van der Waals surface area contributed by atoms with E-state index >= 15 is 0 Å². The zero-order valence-electron chi connectivity index (χ0n) is 47.8. The van der Waals surface area contributed by atoms with Gasteiger partial charge in [0.15, 0.2) is 0 Å². The topological polar surface area (TPSA) is 180 Å². The van der Waals surface area contributed by atoms with Crippen molar-refractivity contribution in [3.8, 4) is 67.2 Å². The molecule has 0 amide bonds. The number of anilines is 6. The first-order chi connectivity index (χ1) is 42.4. The molecule has 3 N–H and O–H groups in total. The Morgan fingerprint density at radius 1 is 0.299 bits per heavy atom. The summed E-state index contributed by atoms with van der Waals surface area (Å²) in [5.41, 5.74) is 18.8. The fourth-order valence-corrected chi connectivity index (χ4v) is 12.1. The van der Waals surface area contributed by atoms with Crippen molar-refractivity contribution < 1.29 is 14.8 Å². The van der Waals surface area contributed by atoms with Crippen LogP contribution in [0, 0.1) is 51.1 Å². The molecule has 3 aliphatic heterocycles. The third kappa shape index (κ3) is 10.2. The minimum Gasteiger partial charge on any atom is -0.341 e. The maximum atomic E-state index is 12.3. The van der Waals surface area contributed by atoms with Crippen molar-refractivity contribution in [1.82, 2.24) is 13.7 Å². The number of nitrogens with zero attached hydrogens (tertiary/aromatic N) is 6. The first-order valence-corrected chi connectivity index (χ1v) is 28.5. The van der Waals surface area contributed by atoms with Crippen molar-refractivity contribution >= 4 is 51.6 Å². The van der Waals surface area contributed by atoms with Crippen LogP contribution in [0.4, 0.5) is 51.6 Å². The van der Waals surface area contributed by atoms with Crippen LogP contribution in [0.2, 0.25) is 0 Å². The molecule has 0 aliphatic carbocycles. The molecule has 0 saturated carbocycles. The lowest BCUT2D eigenvalue weighted by atomic mass is 10.0. The summed E-state index contributed by atoms with van der Waals surface area (Å²) in [6.07, 6.45) is 0. The molecule has 87 heavy (non-hydrogen) atoms. The van der Waals surface area contributed by atoms with Gasteiger partial charge in [-0.1, -0.05) is 235 Å². The second-order valence-electron chi connectivity index (χ2n) is 21.8. The Balaban J connectivity index is 0.000000121. The number of hydrogen-bond donors (Lipinski definition) is 3. The van der Waals surface area contributed by atoms with Gasteiger partial charge in [-0.3, -0.25) is 30.3 Å². The average molecular weight is 1140 g/mol. The van der Waals surface area contributed by atoms with Gasteiger partial charge in [-0.05, 0) is 72.4 Å². The highest BCUT2D eigenvalue weighted by Gasteiger charge is 2.38. The third-order valence-electron chi connectivity index (χ3n) is 16.2. The molecular formula is C72H57N9O6. The zero-order chi connectivity index (χ0) is 59.9. The van der Waals surface area contributed by atoms with E-state index in [4.69, 9.17) is 0 Å². The Bertz CT molecular complexity index is 4140. The molecule has 15 rings (SSSR count). The smallest absolute Gasteiger partial charge is 0.304 e. The molecule has 6 heterocycles. The van der Waals surface area contributed by atoms with E-state index in [-0.39, 0.29) is 31.8 Å². The van der Waals surface area contributed by atoms with Crippen LogP contribution < -0.4 is 16.0 Å². The number of aryl methyl sites for hydroxylation is 3. The molecule has 426 valence electrons. The number of benzene rings is 9. The van der Waals surface area contributed by atoms with Gasteiger partial charge < -0.3 is 29.7 Å². The summed E-state index contributed by atoms with van der Waals surface area (Å²) in [5, 5.41) is 47.3. The summed E-state index contributed by atoms with van der Waals surface area (Å²) >= 11 is 0. The summed E-state index contributed by atoms with van der Waals surface area (Å²) in [6, 6.07) is 76.5. The van der Waals surface area contributed by atoms with Crippen molar-refractivity contribution in [3.63, 3.8) is 0 Å². The van der Waals surface area contributed by atoms with Crippen molar-refractivity contribution in [2.75, 3.05) is 16.0 Å². The van der Waals surface area contributed by atoms with Crippen LogP contribution in [-0.4, -0.2) is 28.5 Å². The van der Waals surface area contributed by atoms with Crippen LogP contribution in [0.3, 0.4) is 0 Å². The molecule has 0 atom stereocenters. The Kier molecular flexibility index (Phi) is 14.4. The number of nitrogens with one attached hydrogen (secondary N) is 3. The van der Waals surface area contributed by atoms with Gasteiger partial charge in [0.05, 0.1) is 34.4 Å². The van der Waals surface area contributed by atoms with Crippen LogP contribution in [0.5, 0.6) is 0 Å². The Labute approximate surface area is 501 Å². The third-order valence-corrected chi connectivity index (χ3v) is 16.2. The van der Waals surface area contributed by atoms with Crippen molar-refractivity contribution in [1.29, 1.82) is 0 Å². The van der Waals surface area contributed by atoms with Gasteiger partial charge in [0.2, 0.25) is 0 Å². The van der Waals surface area contributed by atoms with Gasteiger partial charge in [0.25, 0.3) is 0 Å². The number of para-hydroxylation sites is 3. The van der Waals surface area contributed by atoms with Crippen LogP contribution in [0.1, 0.15) is 33.4 Å². The lowest BCUT2D eigenvalue weighted by molar-refractivity contribution is -0.383. The van der Waals surface area contributed by atoms with Gasteiger partial charge in [-0.15, -0.1) is 0 Å². The molecule has 0 fully saturated rings. The largest absolute Gasteiger partial charge is 0.341 e. The van der Waals surface area contributed by atoms with Crippen LogP contribution in [0.15, 0.2) is 237 Å². The van der Waals surface area contributed by atoms with E-state index in [1.54, 1.807) is 0 Å². The van der Waals surface area contributed by atoms with Gasteiger partial charge in [-0.2, -0.15) is 0 Å². The normalized spacial score (nSPS) is 12.0. The molecule has 3 aliphatic rings. The maximum Gasteiger partial charge on any atom is 0.304 e. The Morgan fingerprint density at radius 3 is 0.770 bits per heavy atom. The fourth-order valence-electron chi connectivity index (χ4n) is 12.1. The van der Waals surface area contributed by atoms with Crippen molar-refractivity contribution in [2.24, 2.45) is 0 Å². The summed E-state index contributed by atoms with van der Waals surface area (Å²) in [5.74, 6) is 2.29. The molecule has 0 bridgehead atoms. The van der Waals surface area contributed by atoms with E-state index in [2.05, 4.69) is 34.1 Å². The zero-order valence-corrected chi connectivity index (χ0v) is 47.8. The first-order valence-electron chi connectivity index (χ1n) is 28.5. The predicted molar refractivity (Wildman–Crippen MR) is 347 cm³/mol. The minimum atomic E-state index is -0.255. The minimum absolute atomic E-state index is 0.135. The molecule has 12 aromatic rings. The number of fused-ring (bicyclic) bond motifs is 6. The fraction of sp³-hybridized carbons (Fsp3) is 0.0833. The van der Waals surface area contributed by atoms with Gasteiger partial charge in [0, 0.05) is 33.8 Å². The standard InChI is InChI=1S/3C24H19N3O2/c3*1-16-11-13-17(14-12-16)21-23(27(28)29)22(18-7-3-2-4-8-18)26-15-19-9-5-6-10-20(19)25-24(21)26/h3*2-14,25H,15H2,1H3. The van der Waals surface area contributed by atoms with Crippen LogP contribution in [-0.2, 0) is 19.6 Å². The highest BCUT2D eigenvalue weighted by atomic mass is 16.6. The molecule has 0 radical (unpaired) electrons. The molecule has 15 heteroatoms. The van der Waals surface area contributed by atoms with E-state index in [1.807, 2.05) is 253 Å². The number of hydrogen-bond acceptors (Lipinski definition) is 9. The quantitative estimate of drug-likeness (QED) is 0.0936. The second-order valence-corrected chi connectivity index (χ2v) is 21.8. The molecule has 3 aromatic heterocycles. The summed E-state index contributed by atoms with van der Waals surface area (Å²) < 4.78 is 6.10. The number of aromatic nitrogens is 3. The van der Waals surface area contributed by atoms with E-state index in [9.17, 15) is 30.3 Å².